The maximum atomic E-state index is 13.1. The first-order valence-electron chi connectivity index (χ1n) is 9.14. The minimum Gasteiger partial charge on any atom is -0.458 e. The first kappa shape index (κ1) is 17.1. The molecule has 2 aliphatic rings. The lowest BCUT2D eigenvalue weighted by molar-refractivity contribution is -0.172. The minimum atomic E-state index is -1.89. The minimum absolute atomic E-state index is 0.0708. The fourth-order valence-electron chi connectivity index (χ4n) is 4.20. The van der Waals surface area contributed by atoms with Gasteiger partial charge in [-0.3, -0.25) is 9.36 Å². The van der Waals surface area contributed by atoms with Crippen LogP contribution in [0.4, 0.5) is 0 Å². The highest BCUT2D eigenvalue weighted by Crippen LogP contribution is 2.41. The van der Waals surface area contributed by atoms with Crippen LogP contribution >= 0.6 is 0 Å². The van der Waals surface area contributed by atoms with Crippen molar-refractivity contribution in [3.63, 3.8) is 0 Å². The molecule has 0 amide bonds. The number of carbonyl (C=O) groups is 1. The van der Waals surface area contributed by atoms with Crippen LogP contribution in [0.1, 0.15) is 41.8 Å². The van der Waals surface area contributed by atoms with Gasteiger partial charge in [0.15, 0.2) is 11.8 Å². The van der Waals surface area contributed by atoms with E-state index in [2.05, 4.69) is 0 Å². The number of aromatic nitrogens is 2. The van der Waals surface area contributed by atoms with Crippen molar-refractivity contribution in [2.75, 3.05) is 0 Å². The molecule has 2 aliphatic heterocycles. The van der Waals surface area contributed by atoms with Crippen LogP contribution < -0.4 is 5.56 Å². The van der Waals surface area contributed by atoms with Gasteiger partial charge in [-0.1, -0.05) is 25.1 Å². The van der Waals surface area contributed by atoms with E-state index in [1.54, 1.807) is 13.0 Å². The predicted molar refractivity (Wildman–Crippen MR) is 101 cm³/mol. The summed E-state index contributed by atoms with van der Waals surface area (Å²) in [6, 6.07) is 9.18. The Kier molecular flexibility index (Phi) is 3.36. The van der Waals surface area contributed by atoms with E-state index in [0.29, 0.717) is 17.0 Å². The lowest BCUT2D eigenvalue weighted by Gasteiger charge is -2.31. The Labute approximate surface area is 159 Å². The summed E-state index contributed by atoms with van der Waals surface area (Å²) in [4.78, 5) is 30.0. The monoisotopic (exact) mass is 378 g/mol. The fraction of sp³-hybridized carbons (Fsp3) is 0.286. The van der Waals surface area contributed by atoms with E-state index in [0.717, 1.165) is 16.5 Å². The molecular formula is C21H18N2O5. The standard InChI is InChI=1S/C21H18N2O5/c1-3-21(27)14-8-15-17-12(7-11-6-4-5-10(2)16(11)22-17)18(24)23(15)19(25)13(14)9-28-20(21)26/h4-8,18,24,27H,3,9H2,1-2H3/t18?,21-/m0/s1. The van der Waals surface area contributed by atoms with E-state index in [9.17, 15) is 19.8 Å². The van der Waals surface area contributed by atoms with Crippen LogP contribution in [-0.2, 0) is 21.7 Å². The number of hydrogen-bond acceptors (Lipinski definition) is 6. The summed E-state index contributed by atoms with van der Waals surface area (Å²) in [5.74, 6) is -0.770. The number of aryl methyl sites for hydroxylation is 1. The lowest BCUT2D eigenvalue weighted by Crippen LogP contribution is -2.44. The van der Waals surface area contributed by atoms with Gasteiger partial charge in [-0.15, -0.1) is 0 Å². The van der Waals surface area contributed by atoms with Crippen LogP contribution in [0.15, 0.2) is 35.1 Å². The molecule has 2 N–H and O–H groups in total. The number of carbonyl (C=O) groups excluding carboxylic acids is 1. The molecule has 5 rings (SSSR count). The van der Waals surface area contributed by atoms with Gasteiger partial charge in [0.1, 0.15) is 6.61 Å². The molecule has 0 spiro atoms. The van der Waals surface area contributed by atoms with E-state index < -0.39 is 23.4 Å². The molecule has 0 fully saturated rings. The van der Waals surface area contributed by atoms with Crippen molar-refractivity contribution >= 4 is 16.9 Å². The molecule has 0 radical (unpaired) electrons. The first-order valence-corrected chi connectivity index (χ1v) is 9.14. The topological polar surface area (TPSA) is 102 Å². The van der Waals surface area contributed by atoms with Crippen molar-refractivity contribution in [3.05, 3.63) is 62.9 Å². The molecule has 1 aromatic carbocycles. The average molecular weight is 378 g/mol. The van der Waals surface area contributed by atoms with Gasteiger partial charge < -0.3 is 14.9 Å². The number of para-hydroxylation sites is 1. The molecule has 28 heavy (non-hydrogen) atoms. The van der Waals surface area contributed by atoms with Crippen molar-refractivity contribution in [3.8, 4) is 11.4 Å². The molecule has 0 saturated heterocycles. The average Bonchev–Trinajstić information content (AvgIpc) is 2.96. The quantitative estimate of drug-likeness (QED) is 0.627. The number of benzene rings is 1. The Morgan fingerprint density at radius 2 is 2.11 bits per heavy atom. The van der Waals surface area contributed by atoms with Crippen molar-refractivity contribution in [1.29, 1.82) is 0 Å². The van der Waals surface area contributed by atoms with Gasteiger partial charge in [0.05, 0.1) is 22.5 Å². The van der Waals surface area contributed by atoms with E-state index in [1.165, 1.54) is 4.57 Å². The zero-order chi connectivity index (χ0) is 19.8. The van der Waals surface area contributed by atoms with Gasteiger partial charge in [0.25, 0.3) is 5.56 Å². The summed E-state index contributed by atoms with van der Waals surface area (Å²) in [5, 5.41) is 22.6. The second-order valence-electron chi connectivity index (χ2n) is 7.33. The highest BCUT2D eigenvalue weighted by Gasteiger charge is 2.46. The molecule has 1 unspecified atom stereocenters. The number of cyclic esters (lactones) is 1. The van der Waals surface area contributed by atoms with E-state index in [4.69, 9.17) is 9.72 Å². The zero-order valence-corrected chi connectivity index (χ0v) is 15.4. The molecule has 2 atom stereocenters. The van der Waals surface area contributed by atoms with Crippen LogP contribution in [0.25, 0.3) is 22.3 Å². The summed E-state index contributed by atoms with van der Waals surface area (Å²) in [5.41, 5.74) is 1.17. The third-order valence-corrected chi connectivity index (χ3v) is 5.83. The molecule has 4 heterocycles. The smallest absolute Gasteiger partial charge is 0.343 e. The SMILES string of the molecule is CC[C@@]1(O)C(=O)OCc2c1cc1n(c2=O)C(O)c2cc3cccc(C)c3nc2-1. The maximum Gasteiger partial charge on any atom is 0.343 e. The first-order chi connectivity index (χ1) is 13.4. The fourth-order valence-corrected chi connectivity index (χ4v) is 4.20. The molecule has 7 nitrogen and oxygen atoms in total. The third kappa shape index (κ3) is 1.97. The van der Waals surface area contributed by atoms with Crippen molar-refractivity contribution in [2.24, 2.45) is 0 Å². The highest BCUT2D eigenvalue weighted by atomic mass is 16.6. The highest BCUT2D eigenvalue weighted by molar-refractivity contribution is 5.87. The Hall–Kier alpha value is -3.03. The number of aliphatic hydroxyl groups excluding tert-OH is 1. The van der Waals surface area contributed by atoms with E-state index in [-0.39, 0.29) is 24.2 Å². The van der Waals surface area contributed by atoms with Crippen LogP contribution in [0.3, 0.4) is 0 Å². The Morgan fingerprint density at radius 1 is 1.32 bits per heavy atom. The molecule has 7 heteroatoms. The van der Waals surface area contributed by atoms with Crippen molar-refractivity contribution in [1.82, 2.24) is 9.55 Å². The van der Waals surface area contributed by atoms with Gasteiger partial charge in [0.2, 0.25) is 0 Å². The number of esters is 1. The molecule has 2 aromatic heterocycles. The van der Waals surface area contributed by atoms with Gasteiger partial charge in [-0.25, -0.2) is 9.78 Å². The van der Waals surface area contributed by atoms with E-state index in [1.807, 2.05) is 31.2 Å². The Morgan fingerprint density at radius 3 is 2.86 bits per heavy atom. The summed E-state index contributed by atoms with van der Waals surface area (Å²) >= 11 is 0. The molecule has 0 saturated carbocycles. The second kappa shape index (κ2) is 5.50. The van der Waals surface area contributed by atoms with E-state index >= 15 is 0 Å². The lowest BCUT2D eigenvalue weighted by atomic mass is 9.86. The Bertz CT molecular complexity index is 1250. The molecule has 0 bridgehead atoms. The summed E-state index contributed by atoms with van der Waals surface area (Å²) in [6.45, 7) is 3.37. The number of nitrogens with zero attached hydrogens (tertiary/aromatic N) is 2. The summed E-state index contributed by atoms with van der Waals surface area (Å²) in [6.07, 6.45) is -1.12. The zero-order valence-electron chi connectivity index (χ0n) is 15.4. The number of aliphatic hydroxyl groups is 2. The van der Waals surface area contributed by atoms with Gasteiger partial charge in [0, 0.05) is 16.5 Å². The van der Waals surface area contributed by atoms with Crippen LogP contribution in [-0.4, -0.2) is 25.7 Å². The number of hydrogen-bond donors (Lipinski definition) is 2. The predicted octanol–water partition coefficient (Wildman–Crippen LogP) is 1.88. The normalized spacial score (nSPS) is 22.6. The largest absolute Gasteiger partial charge is 0.458 e. The van der Waals surface area contributed by atoms with Gasteiger partial charge >= 0.3 is 5.97 Å². The molecule has 142 valence electrons. The van der Waals surface area contributed by atoms with Crippen LogP contribution in [0.5, 0.6) is 0 Å². The molecular weight excluding hydrogens is 360 g/mol. The summed E-state index contributed by atoms with van der Waals surface area (Å²) in [7, 11) is 0. The van der Waals surface area contributed by atoms with Crippen molar-refractivity contribution < 1.29 is 19.7 Å². The third-order valence-electron chi connectivity index (χ3n) is 5.83. The second-order valence-corrected chi connectivity index (χ2v) is 7.33. The van der Waals surface area contributed by atoms with Crippen LogP contribution in [0.2, 0.25) is 0 Å². The maximum absolute atomic E-state index is 13.1. The summed E-state index contributed by atoms with van der Waals surface area (Å²) < 4.78 is 6.29. The molecule has 0 aliphatic carbocycles. The van der Waals surface area contributed by atoms with Crippen molar-refractivity contribution in [2.45, 2.75) is 38.7 Å². The molecule has 3 aromatic rings. The Balaban J connectivity index is 1.86. The number of fused-ring (bicyclic) bond motifs is 5. The number of ether oxygens (including phenoxy) is 1. The number of pyridine rings is 2. The number of rotatable bonds is 1. The van der Waals surface area contributed by atoms with Gasteiger partial charge in [-0.05, 0) is 31.0 Å². The van der Waals surface area contributed by atoms with Crippen LogP contribution in [0, 0.1) is 6.92 Å². The van der Waals surface area contributed by atoms with Gasteiger partial charge in [-0.2, -0.15) is 0 Å².